The first-order valence-electron chi connectivity index (χ1n) is 9.31. The van der Waals surface area contributed by atoms with Crippen LogP contribution in [0.2, 0.25) is 0 Å². The van der Waals surface area contributed by atoms with Crippen LogP contribution in [0, 0.1) is 10.8 Å². The molecular weight excluding hydrogens is 295 g/mol. The summed E-state index contributed by atoms with van der Waals surface area (Å²) < 4.78 is 23.4. The van der Waals surface area contributed by atoms with Crippen LogP contribution in [0.1, 0.15) is 91.4 Å². The molecule has 0 saturated heterocycles. The molecule has 0 N–H and O–H groups in total. The molecule has 2 fully saturated rings. The number of hydrogen-bond acceptors (Lipinski definition) is 3. The van der Waals surface area contributed by atoms with E-state index in [2.05, 4.69) is 20.8 Å². The Kier molecular flexibility index (Phi) is 6.98. The Morgan fingerprint density at radius 2 is 1.77 bits per heavy atom. The highest BCUT2D eigenvalue weighted by Gasteiger charge is 2.51. The van der Waals surface area contributed by atoms with E-state index in [1.165, 1.54) is 57.8 Å². The van der Waals surface area contributed by atoms with Gasteiger partial charge in [-0.3, -0.25) is 4.57 Å². The van der Waals surface area contributed by atoms with Gasteiger partial charge in [0.1, 0.15) is 0 Å². The summed E-state index contributed by atoms with van der Waals surface area (Å²) in [6, 6.07) is 0. The molecule has 0 aromatic heterocycles. The molecule has 3 nitrogen and oxygen atoms in total. The van der Waals surface area contributed by atoms with Gasteiger partial charge in [0.2, 0.25) is 0 Å². The van der Waals surface area contributed by atoms with Crippen molar-refractivity contribution < 1.29 is 13.6 Å². The summed E-state index contributed by atoms with van der Waals surface area (Å²) in [4.78, 5) is 0. The molecule has 0 aromatic carbocycles. The first kappa shape index (κ1) is 18.5. The molecule has 2 rings (SSSR count). The van der Waals surface area contributed by atoms with E-state index in [0.29, 0.717) is 12.0 Å². The maximum absolute atomic E-state index is 12.1. The predicted octanol–water partition coefficient (Wildman–Crippen LogP) is 6.13. The normalized spacial score (nSPS) is 35.7. The molecule has 0 aliphatic heterocycles. The summed E-state index contributed by atoms with van der Waals surface area (Å²) in [6.07, 6.45) is 13.5. The molecule has 0 amide bonds. The molecule has 130 valence electrons. The van der Waals surface area contributed by atoms with Crippen LogP contribution in [0.25, 0.3) is 0 Å². The molecule has 0 aromatic rings. The van der Waals surface area contributed by atoms with Crippen molar-refractivity contribution in [1.82, 2.24) is 0 Å². The van der Waals surface area contributed by atoms with Crippen molar-refractivity contribution in [2.75, 3.05) is 6.61 Å². The van der Waals surface area contributed by atoms with Gasteiger partial charge in [-0.2, -0.15) is 0 Å². The standard InChI is InChI=1S/C18H35O3P/c1-4-5-6-7-8-9-14-20-22(19)21-16-10-11-17(2)12-13-18(16,3)15-17/h16,22H,4-15H2,1-3H3. The highest BCUT2D eigenvalue weighted by molar-refractivity contribution is 7.33. The van der Waals surface area contributed by atoms with Crippen LogP contribution in [0.15, 0.2) is 0 Å². The number of hydrogen-bond donors (Lipinski definition) is 0. The lowest BCUT2D eigenvalue weighted by atomic mass is 9.69. The average molecular weight is 330 g/mol. The average Bonchev–Trinajstić information content (AvgIpc) is 2.73. The van der Waals surface area contributed by atoms with Crippen LogP contribution in [0.4, 0.5) is 0 Å². The Morgan fingerprint density at radius 1 is 1.05 bits per heavy atom. The van der Waals surface area contributed by atoms with E-state index >= 15 is 0 Å². The molecule has 0 heterocycles. The van der Waals surface area contributed by atoms with E-state index in [4.69, 9.17) is 9.05 Å². The summed E-state index contributed by atoms with van der Waals surface area (Å²) in [6.45, 7) is 7.52. The molecule has 2 saturated carbocycles. The Morgan fingerprint density at radius 3 is 2.55 bits per heavy atom. The van der Waals surface area contributed by atoms with Gasteiger partial charge in [-0.15, -0.1) is 0 Å². The minimum absolute atomic E-state index is 0.138. The number of fused-ring (bicyclic) bond motifs is 2. The van der Waals surface area contributed by atoms with Crippen molar-refractivity contribution in [2.45, 2.75) is 97.5 Å². The van der Waals surface area contributed by atoms with Gasteiger partial charge >= 0.3 is 8.25 Å². The number of rotatable bonds is 10. The van der Waals surface area contributed by atoms with E-state index < -0.39 is 8.25 Å². The molecule has 0 radical (unpaired) electrons. The largest absolute Gasteiger partial charge is 0.319 e. The topological polar surface area (TPSA) is 35.5 Å². The Bertz CT molecular complexity index is 373. The SMILES string of the molecule is CCCCCCCCO[PH](=O)OC1CCC2(C)CCC1(C)C2. The third kappa shape index (κ3) is 5.08. The van der Waals surface area contributed by atoms with Crippen LogP contribution in [-0.2, 0) is 13.6 Å². The summed E-state index contributed by atoms with van der Waals surface area (Å²) in [5, 5.41) is 0. The van der Waals surface area contributed by atoms with Gasteiger partial charge in [0.25, 0.3) is 0 Å². The lowest BCUT2D eigenvalue weighted by molar-refractivity contribution is 0.00669. The third-order valence-corrected chi connectivity index (χ3v) is 6.79. The Labute approximate surface area is 137 Å². The quantitative estimate of drug-likeness (QED) is 0.357. The zero-order chi connectivity index (χ0) is 16.1. The van der Waals surface area contributed by atoms with Crippen LogP contribution in [-0.4, -0.2) is 12.7 Å². The summed E-state index contributed by atoms with van der Waals surface area (Å²) in [5.74, 6) is 0. The summed E-state index contributed by atoms with van der Waals surface area (Å²) in [7, 11) is -2.32. The van der Waals surface area contributed by atoms with Crippen molar-refractivity contribution in [3.8, 4) is 0 Å². The molecular formula is C18H35O3P. The molecule has 22 heavy (non-hydrogen) atoms. The van der Waals surface area contributed by atoms with Crippen LogP contribution < -0.4 is 0 Å². The van der Waals surface area contributed by atoms with Crippen molar-refractivity contribution >= 4 is 8.25 Å². The van der Waals surface area contributed by atoms with Gasteiger partial charge in [0.05, 0.1) is 12.7 Å². The van der Waals surface area contributed by atoms with Crippen LogP contribution in [0.3, 0.4) is 0 Å². The first-order valence-corrected chi connectivity index (χ1v) is 10.5. The predicted molar refractivity (Wildman–Crippen MR) is 92.5 cm³/mol. The van der Waals surface area contributed by atoms with Crippen LogP contribution in [0.5, 0.6) is 0 Å². The fourth-order valence-electron chi connectivity index (χ4n) is 4.44. The van der Waals surface area contributed by atoms with Gasteiger partial charge in [-0.25, -0.2) is 0 Å². The maximum atomic E-state index is 12.1. The molecule has 0 spiro atoms. The second-order valence-corrected chi connectivity index (χ2v) is 9.18. The third-order valence-electron chi connectivity index (χ3n) is 5.87. The molecule has 2 aliphatic carbocycles. The van der Waals surface area contributed by atoms with E-state index in [1.54, 1.807) is 0 Å². The second kappa shape index (κ2) is 8.31. The molecule has 2 aliphatic rings. The second-order valence-electron chi connectivity index (χ2n) is 8.15. The highest BCUT2D eigenvalue weighted by atomic mass is 31.1. The Balaban J connectivity index is 1.61. The van der Waals surface area contributed by atoms with Crippen molar-refractivity contribution in [3.63, 3.8) is 0 Å². The van der Waals surface area contributed by atoms with E-state index in [9.17, 15) is 4.57 Å². The summed E-state index contributed by atoms with van der Waals surface area (Å²) >= 11 is 0. The smallest absolute Gasteiger partial charge is 0.311 e. The molecule has 2 bridgehead atoms. The monoisotopic (exact) mass is 330 g/mol. The van der Waals surface area contributed by atoms with E-state index in [-0.39, 0.29) is 11.5 Å². The van der Waals surface area contributed by atoms with Gasteiger partial charge in [-0.1, -0.05) is 52.9 Å². The minimum atomic E-state index is -2.32. The van der Waals surface area contributed by atoms with Crippen molar-refractivity contribution in [3.05, 3.63) is 0 Å². The lowest BCUT2D eigenvalue weighted by Gasteiger charge is -2.41. The highest BCUT2D eigenvalue weighted by Crippen LogP contribution is 2.60. The first-order chi connectivity index (χ1) is 10.5. The fourth-order valence-corrected chi connectivity index (χ4v) is 5.46. The zero-order valence-corrected chi connectivity index (χ0v) is 15.8. The maximum Gasteiger partial charge on any atom is 0.319 e. The fraction of sp³-hybridized carbons (Fsp3) is 1.00. The van der Waals surface area contributed by atoms with E-state index in [1.807, 2.05) is 0 Å². The number of unbranched alkanes of at least 4 members (excludes halogenated alkanes) is 5. The van der Waals surface area contributed by atoms with Gasteiger partial charge in [-0.05, 0) is 49.4 Å². The molecule has 4 unspecified atom stereocenters. The lowest BCUT2D eigenvalue weighted by Crippen LogP contribution is -2.37. The van der Waals surface area contributed by atoms with E-state index in [0.717, 1.165) is 12.8 Å². The van der Waals surface area contributed by atoms with Crippen molar-refractivity contribution in [2.24, 2.45) is 10.8 Å². The van der Waals surface area contributed by atoms with Crippen LogP contribution >= 0.6 is 8.25 Å². The molecule has 4 atom stereocenters. The Hall–Kier alpha value is 0.150. The molecule has 4 heteroatoms. The summed E-state index contributed by atoms with van der Waals surface area (Å²) in [5.41, 5.74) is 0.723. The van der Waals surface area contributed by atoms with Gasteiger partial charge in [0.15, 0.2) is 0 Å². The van der Waals surface area contributed by atoms with Gasteiger partial charge in [0, 0.05) is 0 Å². The zero-order valence-electron chi connectivity index (χ0n) is 14.8. The van der Waals surface area contributed by atoms with Gasteiger partial charge < -0.3 is 9.05 Å². The minimum Gasteiger partial charge on any atom is -0.311 e. The van der Waals surface area contributed by atoms with Crippen molar-refractivity contribution in [1.29, 1.82) is 0 Å².